The van der Waals surface area contributed by atoms with Crippen molar-refractivity contribution in [2.45, 2.75) is 18.6 Å². The van der Waals surface area contributed by atoms with Crippen LogP contribution in [0.15, 0.2) is 35.3 Å². The molecule has 0 heterocycles. The molecule has 0 aliphatic heterocycles. The molecule has 5 rings (SSSR count). The molecule has 20 heavy (non-hydrogen) atoms. The van der Waals surface area contributed by atoms with Crippen LogP contribution in [0.5, 0.6) is 0 Å². The van der Waals surface area contributed by atoms with Crippen LogP contribution in [0.4, 0.5) is 0 Å². The van der Waals surface area contributed by atoms with E-state index < -0.39 is 0 Å². The van der Waals surface area contributed by atoms with Crippen LogP contribution in [-0.4, -0.2) is 18.1 Å². The minimum atomic E-state index is 0.840. The average molecular weight is 286 g/mol. The van der Waals surface area contributed by atoms with Gasteiger partial charge in [-0.15, -0.1) is 11.8 Å². The molecule has 3 heteroatoms. The van der Waals surface area contributed by atoms with Gasteiger partial charge < -0.3 is 5.73 Å². The van der Waals surface area contributed by atoms with Crippen LogP contribution in [0.2, 0.25) is 0 Å². The summed E-state index contributed by atoms with van der Waals surface area (Å²) in [6.07, 6.45) is 3.00. The molecule has 4 saturated carbocycles. The molecular formula is C17H22N2S. The normalized spacial score (nSPS) is 37.4. The van der Waals surface area contributed by atoms with E-state index in [1.54, 1.807) is 0 Å². The Hall–Kier alpha value is -0.960. The zero-order valence-corrected chi connectivity index (χ0v) is 12.6. The lowest BCUT2D eigenvalue weighted by Crippen LogP contribution is -2.18. The number of hydrogen-bond donors (Lipinski definition) is 1. The van der Waals surface area contributed by atoms with Crippen molar-refractivity contribution in [3.05, 3.63) is 35.9 Å². The van der Waals surface area contributed by atoms with Crippen LogP contribution < -0.4 is 5.73 Å². The predicted molar refractivity (Wildman–Crippen MR) is 85.8 cm³/mol. The van der Waals surface area contributed by atoms with Crippen LogP contribution in [0, 0.1) is 29.6 Å². The third kappa shape index (κ3) is 2.26. The minimum absolute atomic E-state index is 0.840. The molecule has 3 atom stereocenters. The topological polar surface area (TPSA) is 38.4 Å². The van der Waals surface area contributed by atoms with Crippen LogP contribution in [0.3, 0.4) is 0 Å². The van der Waals surface area contributed by atoms with Gasteiger partial charge in [0.25, 0.3) is 0 Å². The first kappa shape index (κ1) is 12.8. The lowest BCUT2D eigenvalue weighted by Gasteiger charge is -2.12. The van der Waals surface area contributed by atoms with Gasteiger partial charge in [-0.3, -0.25) is 4.99 Å². The second-order valence-corrected chi connectivity index (χ2v) is 7.60. The molecule has 1 aromatic carbocycles. The van der Waals surface area contributed by atoms with Crippen molar-refractivity contribution in [1.82, 2.24) is 0 Å². The summed E-state index contributed by atoms with van der Waals surface area (Å²) in [4.78, 5) is 4.67. The molecule has 0 aromatic heterocycles. The van der Waals surface area contributed by atoms with Crippen molar-refractivity contribution in [3.63, 3.8) is 0 Å². The molecule has 4 bridgehead atoms. The molecule has 2 nitrogen and oxygen atoms in total. The molecule has 4 aliphatic carbocycles. The Morgan fingerprint density at radius 1 is 1.20 bits per heavy atom. The van der Waals surface area contributed by atoms with E-state index >= 15 is 0 Å². The lowest BCUT2D eigenvalue weighted by molar-refractivity contribution is 0.424. The Morgan fingerprint density at radius 2 is 1.95 bits per heavy atom. The van der Waals surface area contributed by atoms with Crippen molar-refractivity contribution in [3.8, 4) is 0 Å². The summed E-state index contributed by atoms with van der Waals surface area (Å²) in [5.41, 5.74) is 7.43. The van der Waals surface area contributed by atoms with Crippen LogP contribution >= 0.6 is 11.8 Å². The van der Waals surface area contributed by atoms with Crippen molar-refractivity contribution in [2.24, 2.45) is 40.3 Å². The third-order valence-electron chi connectivity index (χ3n) is 5.51. The van der Waals surface area contributed by atoms with Gasteiger partial charge >= 0.3 is 0 Å². The fourth-order valence-electron chi connectivity index (χ4n) is 4.62. The summed E-state index contributed by atoms with van der Waals surface area (Å²) in [7, 11) is 0. The van der Waals surface area contributed by atoms with Crippen molar-refractivity contribution >= 4 is 17.6 Å². The van der Waals surface area contributed by atoms with Gasteiger partial charge in [0.15, 0.2) is 0 Å². The molecule has 1 aromatic rings. The summed E-state index contributed by atoms with van der Waals surface area (Å²) >= 11 is 1.86. The fraction of sp³-hybridized carbons (Fsp3) is 0.588. The molecular weight excluding hydrogens is 264 g/mol. The first-order valence-electron chi connectivity index (χ1n) is 7.73. The highest BCUT2D eigenvalue weighted by atomic mass is 32.2. The maximum atomic E-state index is 6.06. The molecule has 0 spiro atoms. The van der Waals surface area contributed by atoms with E-state index in [2.05, 4.69) is 35.3 Å². The number of rotatable bonds is 6. The Morgan fingerprint density at radius 3 is 2.60 bits per heavy atom. The van der Waals surface area contributed by atoms with Crippen LogP contribution in [-0.2, 0) is 5.75 Å². The first-order valence-corrected chi connectivity index (χ1v) is 8.89. The van der Waals surface area contributed by atoms with E-state index in [9.17, 15) is 0 Å². The number of hydrogen-bond acceptors (Lipinski definition) is 2. The van der Waals surface area contributed by atoms with Crippen LogP contribution in [0.25, 0.3) is 0 Å². The smallest absolute Gasteiger partial charge is 0.104 e. The van der Waals surface area contributed by atoms with Crippen molar-refractivity contribution < 1.29 is 0 Å². The monoisotopic (exact) mass is 286 g/mol. The van der Waals surface area contributed by atoms with Gasteiger partial charge in [-0.1, -0.05) is 30.3 Å². The molecule has 3 unspecified atom stereocenters. The predicted octanol–water partition coefficient (Wildman–Crippen LogP) is 3.18. The summed E-state index contributed by atoms with van der Waals surface area (Å²) < 4.78 is 0. The fourth-order valence-corrected chi connectivity index (χ4v) is 5.45. The second kappa shape index (κ2) is 5.10. The van der Waals surface area contributed by atoms with Crippen molar-refractivity contribution in [2.75, 3.05) is 12.3 Å². The van der Waals surface area contributed by atoms with E-state index in [1.807, 2.05) is 11.8 Å². The zero-order valence-electron chi connectivity index (χ0n) is 11.7. The highest BCUT2D eigenvalue weighted by molar-refractivity contribution is 7.99. The van der Waals surface area contributed by atoms with E-state index in [-0.39, 0.29) is 0 Å². The van der Waals surface area contributed by atoms with E-state index in [4.69, 9.17) is 5.73 Å². The Labute approximate surface area is 125 Å². The number of nitrogens with zero attached hydrogens (tertiary/aromatic N) is 1. The first-order chi connectivity index (χ1) is 9.83. The molecule has 2 N–H and O–H groups in total. The standard InChI is InChI=1S/C17H22N2S/c18-16(10-20-9-11-4-2-1-3-5-11)19-8-15-12-6-13-14(7-12)17(13)15/h1-5,12-15,17H,6-10H2,(H2,18,19). The molecule has 0 saturated heterocycles. The molecule has 106 valence electrons. The summed E-state index contributed by atoms with van der Waals surface area (Å²) in [6, 6.07) is 10.6. The second-order valence-electron chi connectivity index (χ2n) is 6.61. The highest BCUT2D eigenvalue weighted by Crippen LogP contribution is 2.73. The number of thioether (sulfide) groups is 1. The quantitative estimate of drug-likeness (QED) is 0.644. The van der Waals surface area contributed by atoms with Crippen LogP contribution in [0.1, 0.15) is 18.4 Å². The summed E-state index contributed by atoms with van der Waals surface area (Å²) in [5, 5.41) is 0. The van der Waals surface area contributed by atoms with Gasteiger partial charge in [0.05, 0.1) is 5.75 Å². The lowest BCUT2D eigenvalue weighted by atomic mass is 9.99. The maximum Gasteiger partial charge on any atom is 0.104 e. The van der Waals surface area contributed by atoms with Gasteiger partial charge in [-0.2, -0.15) is 0 Å². The summed E-state index contributed by atoms with van der Waals surface area (Å²) in [6.45, 7) is 1.00. The van der Waals surface area contributed by atoms with Gasteiger partial charge in [0, 0.05) is 12.3 Å². The Kier molecular flexibility index (Phi) is 3.25. The third-order valence-corrected chi connectivity index (χ3v) is 6.55. The number of benzene rings is 1. The highest BCUT2D eigenvalue weighted by Gasteiger charge is 2.67. The minimum Gasteiger partial charge on any atom is -0.387 e. The molecule has 0 radical (unpaired) electrons. The van der Waals surface area contributed by atoms with Crippen molar-refractivity contribution in [1.29, 1.82) is 0 Å². The van der Waals surface area contributed by atoms with Gasteiger partial charge in [-0.05, 0) is 48.0 Å². The van der Waals surface area contributed by atoms with E-state index in [0.717, 1.165) is 53.5 Å². The number of amidine groups is 1. The Bertz CT molecular complexity index is 499. The zero-order chi connectivity index (χ0) is 13.5. The maximum absolute atomic E-state index is 6.06. The SMILES string of the molecule is NC(CSCc1ccccc1)=NCC1C2CC3C(C2)C13. The van der Waals surface area contributed by atoms with E-state index in [0.29, 0.717) is 0 Å². The number of aliphatic imine (C=N–C) groups is 1. The van der Waals surface area contributed by atoms with Gasteiger partial charge in [0.1, 0.15) is 5.84 Å². The summed E-state index contributed by atoms with van der Waals surface area (Å²) in [5.74, 6) is 7.81. The van der Waals surface area contributed by atoms with Gasteiger partial charge in [-0.25, -0.2) is 0 Å². The molecule has 4 aliphatic rings. The number of nitrogens with two attached hydrogens (primary N) is 1. The average Bonchev–Trinajstić information content (AvgIpc) is 2.86. The molecule has 0 amide bonds. The van der Waals surface area contributed by atoms with Gasteiger partial charge in [0.2, 0.25) is 0 Å². The Balaban J connectivity index is 1.22. The molecule has 4 fully saturated rings. The van der Waals surface area contributed by atoms with E-state index in [1.165, 1.54) is 18.4 Å². The largest absolute Gasteiger partial charge is 0.387 e.